The average Bonchev–Trinajstić information content (AvgIpc) is 3.00. The van der Waals surface area contributed by atoms with Crippen LogP contribution >= 0.6 is 0 Å². The summed E-state index contributed by atoms with van der Waals surface area (Å²) in [6.45, 7) is 0.667. The number of carbonyl (C=O) groups is 2. The Morgan fingerprint density at radius 2 is 2.11 bits per heavy atom. The molecule has 104 valence electrons. The molecule has 2 rings (SSSR count). The number of aromatic nitrogens is 2. The van der Waals surface area contributed by atoms with Gasteiger partial charge in [0, 0.05) is 25.4 Å². The molecule has 19 heavy (non-hydrogen) atoms. The molecule has 2 N–H and O–H groups in total. The number of carboxylic acid groups (broad SMARTS) is 1. The fraction of sp³-hybridized carbons (Fsp3) is 0.615. The lowest BCUT2D eigenvalue weighted by molar-refractivity contribution is -0.147. The highest BCUT2D eigenvalue weighted by Gasteiger charge is 2.42. The number of aryl methyl sites for hydroxylation is 1. The molecule has 1 aliphatic rings. The predicted octanol–water partition coefficient (Wildman–Crippen LogP) is 1.18. The van der Waals surface area contributed by atoms with Crippen LogP contribution in [-0.2, 0) is 16.1 Å². The van der Waals surface area contributed by atoms with Crippen LogP contribution in [0.5, 0.6) is 0 Å². The Morgan fingerprint density at radius 1 is 1.37 bits per heavy atom. The lowest BCUT2D eigenvalue weighted by atomic mass is 9.97. The van der Waals surface area contributed by atoms with E-state index in [1.165, 1.54) is 0 Å². The molecule has 0 unspecified atom stereocenters. The molecule has 6 heteroatoms. The van der Waals surface area contributed by atoms with Gasteiger partial charge in [-0.05, 0) is 25.3 Å². The SMILES string of the molecule is O=C(CCCn1cccn1)NC1(C(=O)O)CCCC1. The van der Waals surface area contributed by atoms with Crippen molar-refractivity contribution in [3.05, 3.63) is 18.5 Å². The topological polar surface area (TPSA) is 84.2 Å². The Labute approximate surface area is 111 Å². The minimum Gasteiger partial charge on any atom is -0.480 e. The first-order valence-corrected chi connectivity index (χ1v) is 6.64. The largest absolute Gasteiger partial charge is 0.480 e. The first-order chi connectivity index (χ1) is 9.12. The number of carboxylic acids is 1. The van der Waals surface area contributed by atoms with E-state index in [1.807, 2.05) is 12.3 Å². The third kappa shape index (κ3) is 3.33. The Morgan fingerprint density at radius 3 is 2.68 bits per heavy atom. The maximum absolute atomic E-state index is 11.8. The number of amides is 1. The average molecular weight is 265 g/mol. The van der Waals surface area contributed by atoms with Gasteiger partial charge in [0.15, 0.2) is 0 Å². The highest BCUT2D eigenvalue weighted by molar-refractivity contribution is 5.87. The Kier molecular flexibility index (Phi) is 4.19. The standard InChI is InChI=1S/C13H19N3O3/c17-11(5-3-9-16-10-4-8-14-16)15-13(12(18)19)6-1-2-7-13/h4,8,10H,1-3,5-7,9H2,(H,15,17)(H,18,19). The van der Waals surface area contributed by atoms with Gasteiger partial charge >= 0.3 is 5.97 Å². The monoisotopic (exact) mass is 265 g/mol. The number of rotatable bonds is 6. The molecule has 0 saturated heterocycles. The van der Waals surface area contributed by atoms with Crippen LogP contribution in [0.4, 0.5) is 0 Å². The number of nitrogens with zero attached hydrogens (tertiary/aromatic N) is 2. The normalized spacial score (nSPS) is 17.3. The van der Waals surface area contributed by atoms with Crippen molar-refractivity contribution in [3.63, 3.8) is 0 Å². The van der Waals surface area contributed by atoms with E-state index in [2.05, 4.69) is 10.4 Å². The smallest absolute Gasteiger partial charge is 0.329 e. The molecule has 0 aromatic carbocycles. The second-order valence-electron chi connectivity index (χ2n) is 5.02. The molecule has 1 saturated carbocycles. The van der Waals surface area contributed by atoms with Crippen LogP contribution in [0.25, 0.3) is 0 Å². The van der Waals surface area contributed by atoms with Gasteiger partial charge in [-0.2, -0.15) is 5.10 Å². The quantitative estimate of drug-likeness (QED) is 0.808. The van der Waals surface area contributed by atoms with E-state index >= 15 is 0 Å². The molecule has 1 aromatic heterocycles. The van der Waals surface area contributed by atoms with Crippen molar-refractivity contribution >= 4 is 11.9 Å². The number of hydrogen-bond acceptors (Lipinski definition) is 3. The van der Waals surface area contributed by atoms with Crippen molar-refractivity contribution in [2.45, 2.75) is 50.6 Å². The molecular weight excluding hydrogens is 246 g/mol. The minimum absolute atomic E-state index is 0.184. The summed E-state index contributed by atoms with van der Waals surface area (Å²) in [7, 11) is 0. The number of aliphatic carboxylic acids is 1. The van der Waals surface area contributed by atoms with Crippen molar-refractivity contribution in [3.8, 4) is 0 Å². The molecule has 1 aromatic rings. The fourth-order valence-electron chi connectivity index (χ4n) is 2.53. The van der Waals surface area contributed by atoms with E-state index < -0.39 is 11.5 Å². The molecule has 1 heterocycles. The van der Waals surface area contributed by atoms with Crippen molar-refractivity contribution in [2.75, 3.05) is 0 Å². The lowest BCUT2D eigenvalue weighted by Crippen LogP contribution is -2.52. The van der Waals surface area contributed by atoms with E-state index in [1.54, 1.807) is 10.9 Å². The molecular formula is C13H19N3O3. The second kappa shape index (κ2) is 5.86. The van der Waals surface area contributed by atoms with Crippen molar-refractivity contribution in [2.24, 2.45) is 0 Å². The molecule has 0 spiro atoms. The second-order valence-corrected chi connectivity index (χ2v) is 5.02. The van der Waals surface area contributed by atoms with Gasteiger partial charge in [0.05, 0.1) is 0 Å². The van der Waals surface area contributed by atoms with E-state index in [4.69, 9.17) is 0 Å². The molecule has 1 aliphatic carbocycles. The van der Waals surface area contributed by atoms with Gasteiger partial charge in [0.1, 0.15) is 5.54 Å². The van der Waals surface area contributed by atoms with Gasteiger partial charge < -0.3 is 10.4 Å². The molecule has 1 fully saturated rings. The van der Waals surface area contributed by atoms with Crippen molar-refractivity contribution < 1.29 is 14.7 Å². The number of nitrogens with one attached hydrogen (secondary N) is 1. The molecule has 6 nitrogen and oxygen atoms in total. The Balaban J connectivity index is 1.78. The summed E-state index contributed by atoms with van der Waals surface area (Å²) in [6, 6.07) is 1.83. The highest BCUT2D eigenvalue weighted by atomic mass is 16.4. The van der Waals surface area contributed by atoms with E-state index in [0.29, 0.717) is 32.2 Å². The zero-order valence-corrected chi connectivity index (χ0v) is 10.8. The maximum atomic E-state index is 11.8. The minimum atomic E-state index is -1.03. The van der Waals surface area contributed by atoms with Gasteiger partial charge in [0.25, 0.3) is 0 Å². The van der Waals surface area contributed by atoms with Gasteiger partial charge in [-0.1, -0.05) is 12.8 Å². The first-order valence-electron chi connectivity index (χ1n) is 6.64. The molecule has 1 amide bonds. The third-order valence-electron chi connectivity index (χ3n) is 3.60. The van der Waals surface area contributed by atoms with Gasteiger partial charge in [-0.3, -0.25) is 9.48 Å². The van der Waals surface area contributed by atoms with Gasteiger partial charge in [-0.25, -0.2) is 4.79 Å². The number of hydrogen-bond donors (Lipinski definition) is 2. The van der Waals surface area contributed by atoms with Crippen LogP contribution in [0.15, 0.2) is 18.5 Å². The Bertz CT molecular complexity index is 436. The molecule has 0 radical (unpaired) electrons. The van der Waals surface area contributed by atoms with Crippen molar-refractivity contribution in [1.29, 1.82) is 0 Å². The van der Waals surface area contributed by atoms with Crippen LogP contribution < -0.4 is 5.32 Å². The molecule has 0 atom stereocenters. The van der Waals surface area contributed by atoms with Crippen LogP contribution in [-0.4, -0.2) is 32.3 Å². The third-order valence-corrected chi connectivity index (χ3v) is 3.60. The van der Waals surface area contributed by atoms with Gasteiger partial charge in [0.2, 0.25) is 5.91 Å². The lowest BCUT2D eigenvalue weighted by Gasteiger charge is -2.25. The highest BCUT2D eigenvalue weighted by Crippen LogP contribution is 2.30. The summed E-state index contributed by atoms with van der Waals surface area (Å²) < 4.78 is 1.76. The molecule has 0 bridgehead atoms. The van der Waals surface area contributed by atoms with Gasteiger partial charge in [-0.15, -0.1) is 0 Å². The summed E-state index contributed by atoms with van der Waals surface area (Å²) in [5, 5.41) is 16.0. The summed E-state index contributed by atoms with van der Waals surface area (Å²) in [4.78, 5) is 23.1. The zero-order chi connectivity index (χ0) is 13.7. The maximum Gasteiger partial charge on any atom is 0.329 e. The summed E-state index contributed by atoms with van der Waals surface area (Å²) in [5.41, 5.74) is -1.03. The first kappa shape index (κ1) is 13.6. The van der Waals surface area contributed by atoms with E-state index in [0.717, 1.165) is 12.8 Å². The van der Waals surface area contributed by atoms with Crippen LogP contribution in [0.3, 0.4) is 0 Å². The summed E-state index contributed by atoms with van der Waals surface area (Å²) in [6.07, 6.45) is 7.31. The van der Waals surface area contributed by atoms with E-state index in [9.17, 15) is 14.7 Å². The predicted molar refractivity (Wildman–Crippen MR) is 68.4 cm³/mol. The van der Waals surface area contributed by atoms with Crippen LogP contribution in [0.1, 0.15) is 38.5 Å². The Hall–Kier alpha value is -1.85. The summed E-state index contributed by atoms with van der Waals surface area (Å²) >= 11 is 0. The van der Waals surface area contributed by atoms with Crippen LogP contribution in [0, 0.1) is 0 Å². The van der Waals surface area contributed by atoms with Crippen molar-refractivity contribution in [1.82, 2.24) is 15.1 Å². The summed E-state index contributed by atoms with van der Waals surface area (Å²) in [5.74, 6) is -1.10. The van der Waals surface area contributed by atoms with Crippen LogP contribution in [0.2, 0.25) is 0 Å². The fourth-order valence-corrected chi connectivity index (χ4v) is 2.53. The number of carbonyl (C=O) groups excluding carboxylic acids is 1. The van der Waals surface area contributed by atoms with E-state index in [-0.39, 0.29) is 5.91 Å². The molecule has 0 aliphatic heterocycles. The zero-order valence-electron chi connectivity index (χ0n) is 10.8.